The maximum atomic E-state index is 11.7. The molecule has 0 radical (unpaired) electrons. The van der Waals surface area contributed by atoms with Crippen LogP contribution in [0.2, 0.25) is 0 Å². The van der Waals surface area contributed by atoms with Gasteiger partial charge in [0.05, 0.1) is 12.8 Å². The third-order valence-corrected chi connectivity index (χ3v) is 4.37. The van der Waals surface area contributed by atoms with Crippen molar-refractivity contribution in [1.82, 2.24) is 10.2 Å². The fraction of sp³-hybridized carbons (Fsp3) is 0.500. The third kappa shape index (κ3) is 3.53. The van der Waals surface area contributed by atoms with E-state index < -0.39 is 5.97 Å². The Hall–Kier alpha value is -2.10. The predicted octanol–water partition coefficient (Wildman–Crippen LogP) is 5.23. The van der Waals surface area contributed by atoms with Gasteiger partial charge in [-0.1, -0.05) is 53.7 Å². The average Bonchev–Trinajstić information content (AvgIpc) is 3.02. The first-order valence-electron chi connectivity index (χ1n) is 8.58. The molecule has 0 atom stereocenters. The van der Waals surface area contributed by atoms with Gasteiger partial charge < -0.3 is 4.74 Å². The standard InChI is InChI=1S/C20H28N2O2/c1-11(2)14-8-15(12(3)4)19(16(9-14)13(5)6)17-10-18(22-21-17)20(23)24-7/h8-13H,1-7H3,(H,21,22). The Morgan fingerprint density at radius 2 is 1.50 bits per heavy atom. The molecule has 1 aromatic carbocycles. The Labute approximate surface area is 144 Å². The molecule has 0 saturated heterocycles. The summed E-state index contributed by atoms with van der Waals surface area (Å²) in [4.78, 5) is 11.7. The fourth-order valence-electron chi connectivity index (χ4n) is 2.92. The molecule has 0 aliphatic rings. The van der Waals surface area contributed by atoms with Crippen molar-refractivity contribution in [2.75, 3.05) is 7.11 Å². The first kappa shape index (κ1) is 18.2. The minimum atomic E-state index is -0.398. The number of aromatic nitrogens is 2. The lowest BCUT2D eigenvalue weighted by Gasteiger charge is -2.21. The summed E-state index contributed by atoms with van der Waals surface area (Å²) < 4.78 is 4.78. The molecule has 0 bridgehead atoms. The number of nitrogens with one attached hydrogen (secondary N) is 1. The van der Waals surface area contributed by atoms with Gasteiger partial charge in [-0.15, -0.1) is 0 Å². The van der Waals surface area contributed by atoms with Crippen LogP contribution in [-0.2, 0) is 4.74 Å². The van der Waals surface area contributed by atoms with Crippen molar-refractivity contribution in [3.05, 3.63) is 40.6 Å². The van der Waals surface area contributed by atoms with E-state index in [2.05, 4.69) is 63.9 Å². The molecule has 0 spiro atoms. The summed E-state index contributed by atoms with van der Waals surface area (Å²) in [7, 11) is 1.37. The van der Waals surface area contributed by atoms with E-state index in [4.69, 9.17) is 4.74 Å². The third-order valence-electron chi connectivity index (χ3n) is 4.37. The molecule has 1 aromatic heterocycles. The number of methoxy groups -OCH3 is 1. The molecule has 1 N–H and O–H groups in total. The van der Waals surface area contributed by atoms with E-state index in [0.29, 0.717) is 23.4 Å². The van der Waals surface area contributed by atoms with Crippen LogP contribution in [0.15, 0.2) is 18.2 Å². The van der Waals surface area contributed by atoms with E-state index in [1.54, 1.807) is 6.07 Å². The van der Waals surface area contributed by atoms with Gasteiger partial charge in [-0.25, -0.2) is 4.79 Å². The van der Waals surface area contributed by atoms with Crippen LogP contribution in [0.1, 0.15) is 86.5 Å². The highest BCUT2D eigenvalue weighted by molar-refractivity contribution is 5.89. The van der Waals surface area contributed by atoms with Crippen molar-refractivity contribution >= 4 is 5.97 Å². The lowest BCUT2D eigenvalue weighted by molar-refractivity contribution is 0.0594. The number of rotatable bonds is 5. The van der Waals surface area contributed by atoms with E-state index >= 15 is 0 Å². The maximum absolute atomic E-state index is 11.7. The van der Waals surface area contributed by atoms with E-state index in [9.17, 15) is 4.79 Å². The Kier molecular flexibility index (Phi) is 5.47. The number of benzene rings is 1. The molecule has 0 saturated carbocycles. The van der Waals surface area contributed by atoms with Crippen LogP contribution in [0, 0.1) is 0 Å². The van der Waals surface area contributed by atoms with Crippen LogP contribution in [0.5, 0.6) is 0 Å². The molecule has 24 heavy (non-hydrogen) atoms. The Morgan fingerprint density at radius 1 is 0.958 bits per heavy atom. The second-order valence-corrected chi connectivity index (χ2v) is 7.20. The largest absolute Gasteiger partial charge is 0.464 e. The van der Waals surface area contributed by atoms with Gasteiger partial charge in [0.2, 0.25) is 0 Å². The highest BCUT2D eigenvalue weighted by Crippen LogP contribution is 2.38. The summed E-state index contributed by atoms with van der Waals surface area (Å²) in [6.45, 7) is 13.2. The molecule has 0 aliphatic heterocycles. The molecule has 0 fully saturated rings. The number of H-pyrrole nitrogens is 1. The SMILES string of the molecule is COC(=O)c1cc(-c2c(C(C)C)cc(C(C)C)cc2C(C)C)n[nH]1. The van der Waals surface area contributed by atoms with Crippen molar-refractivity contribution in [3.8, 4) is 11.3 Å². The quantitative estimate of drug-likeness (QED) is 0.764. The first-order chi connectivity index (χ1) is 11.3. The lowest BCUT2D eigenvalue weighted by atomic mass is 9.83. The summed E-state index contributed by atoms with van der Waals surface area (Å²) >= 11 is 0. The van der Waals surface area contributed by atoms with Gasteiger partial charge in [0.1, 0.15) is 5.69 Å². The molecular formula is C20H28N2O2. The zero-order valence-corrected chi connectivity index (χ0v) is 15.7. The smallest absolute Gasteiger partial charge is 0.356 e. The summed E-state index contributed by atoms with van der Waals surface area (Å²) in [5.74, 6) is 0.813. The van der Waals surface area contributed by atoms with Gasteiger partial charge in [-0.05, 0) is 40.5 Å². The van der Waals surface area contributed by atoms with E-state index in [0.717, 1.165) is 11.3 Å². The van der Waals surface area contributed by atoms with Crippen LogP contribution in [0.4, 0.5) is 0 Å². The minimum absolute atomic E-state index is 0.370. The van der Waals surface area contributed by atoms with Crippen LogP contribution in [0.3, 0.4) is 0 Å². The van der Waals surface area contributed by atoms with E-state index in [1.165, 1.54) is 23.8 Å². The van der Waals surface area contributed by atoms with Crippen molar-refractivity contribution in [3.63, 3.8) is 0 Å². The molecule has 2 aromatic rings. The Bertz CT molecular complexity index is 698. The van der Waals surface area contributed by atoms with Gasteiger partial charge in [-0.2, -0.15) is 5.10 Å². The molecule has 0 unspecified atom stereocenters. The first-order valence-corrected chi connectivity index (χ1v) is 8.58. The van der Waals surface area contributed by atoms with Gasteiger partial charge in [-0.3, -0.25) is 5.10 Å². The van der Waals surface area contributed by atoms with Crippen LogP contribution in [-0.4, -0.2) is 23.3 Å². The number of carbonyl (C=O) groups is 1. The number of esters is 1. The molecule has 4 heteroatoms. The summed E-state index contributed by atoms with van der Waals surface area (Å²) in [5.41, 5.74) is 6.20. The normalized spacial score (nSPS) is 11.6. The Balaban J connectivity index is 2.70. The highest BCUT2D eigenvalue weighted by Gasteiger charge is 2.21. The van der Waals surface area contributed by atoms with Gasteiger partial charge >= 0.3 is 5.97 Å². The zero-order chi connectivity index (χ0) is 18.0. The molecular weight excluding hydrogens is 300 g/mol. The average molecular weight is 328 g/mol. The van der Waals surface area contributed by atoms with Crippen molar-refractivity contribution < 1.29 is 9.53 Å². The van der Waals surface area contributed by atoms with Crippen LogP contribution in [0.25, 0.3) is 11.3 Å². The summed E-state index contributed by atoms with van der Waals surface area (Å²) in [6.07, 6.45) is 0. The number of nitrogens with zero attached hydrogens (tertiary/aromatic N) is 1. The number of hydrogen-bond acceptors (Lipinski definition) is 3. The maximum Gasteiger partial charge on any atom is 0.356 e. The van der Waals surface area contributed by atoms with Crippen molar-refractivity contribution in [2.24, 2.45) is 0 Å². The topological polar surface area (TPSA) is 55.0 Å². The number of hydrogen-bond donors (Lipinski definition) is 1. The van der Waals surface area contributed by atoms with Crippen molar-refractivity contribution in [1.29, 1.82) is 0 Å². The minimum Gasteiger partial charge on any atom is -0.464 e. The number of carbonyl (C=O) groups excluding carboxylic acids is 1. The highest BCUT2D eigenvalue weighted by atomic mass is 16.5. The summed E-state index contributed by atoms with van der Waals surface area (Å²) in [5, 5.41) is 7.19. The van der Waals surface area contributed by atoms with Crippen molar-refractivity contribution in [2.45, 2.75) is 59.3 Å². The number of aromatic amines is 1. The Morgan fingerprint density at radius 3 is 1.92 bits per heavy atom. The second kappa shape index (κ2) is 7.20. The van der Waals surface area contributed by atoms with E-state index in [-0.39, 0.29) is 0 Å². The van der Waals surface area contributed by atoms with Crippen LogP contribution < -0.4 is 0 Å². The van der Waals surface area contributed by atoms with Gasteiger partial charge in [0, 0.05) is 5.56 Å². The van der Waals surface area contributed by atoms with E-state index in [1.807, 2.05) is 0 Å². The zero-order valence-electron chi connectivity index (χ0n) is 15.7. The molecule has 130 valence electrons. The molecule has 0 aliphatic carbocycles. The predicted molar refractivity (Wildman–Crippen MR) is 97.6 cm³/mol. The molecule has 0 amide bonds. The monoisotopic (exact) mass is 328 g/mol. The van der Waals surface area contributed by atoms with Gasteiger partial charge in [0.25, 0.3) is 0 Å². The fourth-order valence-corrected chi connectivity index (χ4v) is 2.92. The molecule has 4 nitrogen and oxygen atoms in total. The van der Waals surface area contributed by atoms with Crippen LogP contribution >= 0.6 is 0 Å². The lowest BCUT2D eigenvalue weighted by Crippen LogP contribution is -2.04. The summed E-state index contributed by atoms with van der Waals surface area (Å²) in [6, 6.07) is 6.35. The molecule has 2 rings (SSSR count). The second-order valence-electron chi connectivity index (χ2n) is 7.20. The number of ether oxygens (including phenoxy) is 1. The van der Waals surface area contributed by atoms with Gasteiger partial charge in [0.15, 0.2) is 0 Å². The molecule has 1 heterocycles.